The zero-order valence-corrected chi connectivity index (χ0v) is 18.0. The second-order valence-corrected chi connectivity index (χ2v) is 9.95. The van der Waals surface area contributed by atoms with Gasteiger partial charge in [-0.2, -0.15) is 0 Å². The molecule has 0 aliphatic rings. The lowest BCUT2D eigenvalue weighted by Gasteiger charge is -2.05. The van der Waals surface area contributed by atoms with E-state index in [-0.39, 0.29) is 17.5 Å². The number of carbonyl (C=O) groups excluding carboxylic acids is 1. The lowest BCUT2D eigenvalue weighted by atomic mass is 10.2. The number of hydrogen-bond acceptors (Lipinski definition) is 7. The minimum Gasteiger partial charge on any atom is -0.486 e. The number of anilines is 1. The molecule has 3 rings (SSSR count). The first-order valence-electron chi connectivity index (χ1n) is 8.24. The van der Waals surface area contributed by atoms with Crippen LogP contribution in [0.5, 0.6) is 5.75 Å². The van der Waals surface area contributed by atoms with E-state index in [2.05, 4.69) is 15.5 Å². The number of nitrogens with zero attached hydrogens (tertiary/aromatic N) is 2. The average Bonchev–Trinajstić information content (AvgIpc) is 3.09. The zero-order chi connectivity index (χ0) is 20.9. The summed E-state index contributed by atoms with van der Waals surface area (Å²) in [7, 11) is -3.64. The topological polar surface area (TPSA) is 98.2 Å². The van der Waals surface area contributed by atoms with E-state index in [1.54, 1.807) is 48.5 Å². The Morgan fingerprint density at radius 1 is 1.00 bits per heavy atom. The van der Waals surface area contributed by atoms with Crippen LogP contribution < -0.4 is 10.1 Å². The Kier molecular flexibility index (Phi) is 7.07. The standard InChI is InChI=1S/C18H15Cl2N3O4S2/c19-13-3-1-12(2-4-13)10-29(25,26)11-16(24)21-18-23-22-17(28-18)9-27-15-7-5-14(20)6-8-15/h1-8H,9-11H2,(H,21,23,24). The fourth-order valence-electron chi connectivity index (χ4n) is 2.28. The van der Waals surface area contributed by atoms with Crippen LogP contribution in [0.1, 0.15) is 10.6 Å². The van der Waals surface area contributed by atoms with Gasteiger partial charge in [-0.05, 0) is 42.0 Å². The number of halogens is 2. The summed E-state index contributed by atoms with van der Waals surface area (Å²) in [5.74, 6) is -0.983. The molecule has 0 aliphatic carbocycles. The summed E-state index contributed by atoms with van der Waals surface area (Å²) in [4.78, 5) is 12.1. The lowest BCUT2D eigenvalue weighted by molar-refractivity contribution is -0.113. The fourth-order valence-corrected chi connectivity index (χ4v) is 4.47. The van der Waals surface area contributed by atoms with Crippen molar-refractivity contribution in [1.82, 2.24) is 10.2 Å². The van der Waals surface area contributed by atoms with Gasteiger partial charge in [-0.1, -0.05) is 46.7 Å². The zero-order valence-electron chi connectivity index (χ0n) is 14.8. The van der Waals surface area contributed by atoms with Gasteiger partial charge in [0.2, 0.25) is 11.0 Å². The van der Waals surface area contributed by atoms with Gasteiger partial charge in [0, 0.05) is 10.0 Å². The highest BCUT2D eigenvalue weighted by Gasteiger charge is 2.19. The summed E-state index contributed by atoms with van der Waals surface area (Å²) in [6.07, 6.45) is 0. The van der Waals surface area contributed by atoms with Crippen molar-refractivity contribution in [3.05, 3.63) is 69.1 Å². The van der Waals surface area contributed by atoms with Gasteiger partial charge in [-0.25, -0.2) is 8.42 Å². The first-order valence-corrected chi connectivity index (χ1v) is 11.6. The SMILES string of the molecule is O=C(CS(=O)(=O)Cc1ccc(Cl)cc1)Nc1nnc(COc2ccc(Cl)cc2)s1. The van der Waals surface area contributed by atoms with Gasteiger partial charge < -0.3 is 4.74 Å². The summed E-state index contributed by atoms with van der Waals surface area (Å²) in [6.45, 7) is 0.157. The largest absolute Gasteiger partial charge is 0.486 e. The number of benzene rings is 2. The van der Waals surface area contributed by atoms with Crippen LogP contribution in [-0.4, -0.2) is 30.3 Å². The molecule has 3 aromatic rings. The van der Waals surface area contributed by atoms with Crippen LogP contribution in [0.2, 0.25) is 10.0 Å². The molecule has 1 heterocycles. The van der Waals surface area contributed by atoms with Crippen LogP contribution in [-0.2, 0) is 27.0 Å². The molecule has 0 atom stereocenters. The van der Waals surface area contributed by atoms with Crippen molar-refractivity contribution in [2.24, 2.45) is 0 Å². The minimum atomic E-state index is -3.64. The third-order valence-corrected chi connectivity index (χ3v) is 6.33. The molecule has 0 saturated carbocycles. The second-order valence-electron chi connectivity index (χ2n) is 5.95. The molecule has 0 spiro atoms. The Morgan fingerprint density at radius 3 is 2.28 bits per heavy atom. The predicted octanol–water partition coefficient (Wildman–Crippen LogP) is 3.98. The Balaban J connectivity index is 1.51. The van der Waals surface area contributed by atoms with Crippen LogP contribution in [0, 0.1) is 0 Å². The Labute approximate surface area is 181 Å². The van der Waals surface area contributed by atoms with Crippen molar-refractivity contribution < 1.29 is 17.9 Å². The van der Waals surface area contributed by atoms with E-state index in [0.29, 0.717) is 26.4 Å². The smallest absolute Gasteiger partial charge is 0.241 e. The Bertz CT molecular complexity index is 1090. The molecule has 0 saturated heterocycles. The molecule has 0 fully saturated rings. The highest BCUT2D eigenvalue weighted by atomic mass is 35.5. The van der Waals surface area contributed by atoms with Crippen LogP contribution in [0.25, 0.3) is 0 Å². The first kappa shape index (κ1) is 21.5. The maximum atomic E-state index is 12.2. The molecule has 1 amide bonds. The molecule has 0 aliphatic heterocycles. The molecule has 11 heteroatoms. The highest BCUT2D eigenvalue weighted by Crippen LogP contribution is 2.20. The Hall–Kier alpha value is -2.20. The molecule has 1 aromatic heterocycles. The summed E-state index contributed by atoms with van der Waals surface area (Å²) < 4.78 is 30.0. The van der Waals surface area contributed by atoms with Gasteiger partial charge in [0.25, 0.3) is 0 Å². The lowest BCUT2D eigenvalue weighted by Crippen LogP contribution is -2.23. The van der Waals surface area contributed by atoms with Crippen LogP contribution >= 0.6 is 34.5 Å². The van der Waals surface area contributed by atoms with Crippen LogP contribution in [0.4, 0.5) is 5.13 Å². The number of rotatable bonds is 8. The van der Waals surface area contributed by atoms with Gasteiger partial charge in [-0.3, -0.25) is 10.1 Å². The quantitative estimate of drug-likeness (QED) is 0.533. The van der Waals surface area contributed by atoms with Crippen molar-refractivity contribution in [2.45, 2.75) is 12.4 Å². The number of sulfone groups is 1. The number of aromatic nitrogens is 2. The summed E-state index contributed by atoms with van der Waals surface area (Å²) in [5.41, 5.74) is 0.555. The average molecular weight is 472 g/mol. The molecule has 0 unspecified atom stereocenters. The van der Waals surface area contributed by atoms with E-state index >= 15 is 0 Å². The fraction of sp³-hybridized carbons (Fsp3) is 0.167. The first-order chi connectivity index (χ1) is 13.8. The number of amides is 1. The monoisotopic (exact) mass is 471 g/mol. The molecule has 29 heavy (non-hydrogen) atoms. The van der Waals surface area contributed by atoms with Crippen LogP contribution in [0.3, 0.4) is 0 Å². The molecule has 0 radical (unpaired) electrons. The van der Waals surface area contributed by atoms with E-state index in [0.717, 1.165) is 11.3 Å². The van der Waals surface area contributed by atoms with Crippen molar-refractivity contribution >= 4 is 55.4 Å². The number of ether oxygens (including phenoxy) is 1. The molecule has 0 bridgehead atoms. The maximum Gasteiger partial charge on any atom is 0.241 e. The maximum absolute atomic E-state index is 12.2. The highest BCUT2D eigenvalue weighted by molar-refractivity contribution is 7.91. The van der Waals surface area contributed by atoms with Gasteiger partial charge in [-0.15, -0.1) is 10.2 Å². The molecule has 2 aromatic carbocycles. The van der Waals surface area contributed by atoms with Gasteiger partial charge >= 0.3 is 0 Å². The van der Waals surface area contributed by atoms with E-state index in [1.807, 2.05) is 0 Å². The number of hydrogen-bond donors (Lipinski definition) is 1. The third-order valence-electron chi connectivity index (χ3n) is 3.54. The van der Waals surface area contributed by atoms with Gasteiger partial charge in [0.15, 0.2) is 14.8 Å². The van der Waals surface area contributed by atoms with Gasteiger partial charge in [0.05, 0.1) is 5.75 Å². The Morgan fingerprint density at radius 2 is 1.62 bits per heavy atom. The summed E-state index contributed by atoms with van der Waals surface area (Å²) >= 11 is 12.7. The normalized spacial score (nSPS) is 11.2. The van der Waals surface area contributed by atoms with Crippen molar-refractivity contribution in [2.75, 3.05) is 11.1 Å². The van der Waals surface area contributed by atoms with Crippen molar-refractivity contribution in [3.8, 4) is 5.75 Å². The summed E-state index contributed by atoms with van der Waals surface area (Å²) in [6, 6.07) is 13.3. The molecular weight excluding hydrogens is 457 g/mol. The van der Waals surface area contributed by atoms with E-state index in [1.165, 1.54) is 0 Å². The molecular formula is C18H15Cl2N3O4S2. The number of carbonyl (C=O) groups is 1. The predicted molar refractivity (Wildman–Crippen MR) is 113 cm³/mol. The van der Waals surface area contributed by atoms with E-state index in [4.69, 9.17) is 27.9 Å². The molecule has 152 valence electrons. The minimum absolute atomic E-state index is 0.157. The number of nitrogens with one attached hydrogen (secondary N) is 1. The molecule has 7 nitrogen and oxygen atoms in total. The van der Waals surface area contributed by atoms with Crippen LogP contribution in [0.15, 0.2) is 48.5 Å². The van der Waals surface area contributed by atoms with E-state index in [9.17, 15) is 13.2 Å². The van der Waals surface area contributed by atoms with Gasteiger partial charge in [0.1, 0.15) is 18.1 Å². The third kappa shape index (κ3) is 6.97. The second kappa shape index (κ2) is 9.53. The molecule has 1 N–H and O–H groups in total. The summed E-state index contributed by atoms with van der Waals surface area (Å²) in [5, 5.41) is 12.0. The van der Waals surface area contributed by atoms with Crippen molar-refractivity contribution in [3.63, 3.8) is 0 Å². The van der Waals surface area contributed by atoms with Crippen molar-refractivity contribution in [1.29, 1.82) is 0 Å². The van der Waals surface area contributed by atoms with E-state index < -0.39 is 21.5 Å².